The van der Waals surface area contributed by atoms with Gasteiger partial charge in [-0.25, -0.2) is 13.6 Å². The van der Waals surface area contributed by atoms with Crippen LogP contribution in [0.4, 0.5) is 5.69 Å². The average molecular weight is 489 g/mol. The van der Waals surface area contributed by atoms with Crippen LogP contribution in [0.3, 0.4) is 0 Å². The van der Waals surface area contributed by atoms with Gasteiger partial charge in [-0.15, -0.1) is 0 Å². The van der Waals surface area contributed by atoms with Crippen LogP contribution in [0.2, 0.25) is 0 Å². The van der Waals surface area contributed by atoms with Crippen LogP contribution in [0, 0.1) is 0 Å². The monoisotopic (exact) mass is 488 g/mol. The molecule has 30 heavy (non-hydrogen) atoms. The zero-order valence-electron chi connectivity index (χ0n) is 16.2. The van der Waals surface area contributed by atoms with E-state index in [0.717, 1.165) is 10.0 Å². The third kappa shape index (κ3) is 5.69. The molecule has 0 aliphatic rings. The van der Waals surface area contributed by atoms with Crippen molar-refractivity contribution in [2.75, 3.05) is 12.4 Å². The van der Waals surface area contributed by atoms with Crippen molar-refractivity contribution >= 4 is 37.4 Å². The number of hydrogen-bond acceptors (Lipinski definition) is 5. The fourth-order valence-corrected chi connectivity index (χ4v) is 3.77. The van der Waals surface area contributed by atoms with Gasteiger partial charge in [-0.2, -0.15) is 0 Å². The number of primary sulfonamides is 1. The average Bonchev–Trinajstić information content (AvgIpc) is 2.73. The van der Waals surface area contributed by atoms with Gasteiger partial charge in [0.2, 0.25) is 10.0 Å². The Hall–Kier alpha value is -2.68. The second-order valence-corrected chi connectivity index (χ2v) is 9.15. The maximum Gasteiger partial charge on any atom is 0.238 e. The third-order valence-electron chi connectivity index (χ3n) is 4.58. The van der Waals surface area contributed by atoms with Gasteiger partial charge in [-0.05, 0) is 54.1 Å². The summed E-state index contributed by atoms with van der Waals surface area (Å²) in [5.41, 5.74) is 2.15. The van der Waals surface area contributed by atoms with E-state index in [1.54, 1.807) is 31.4 Å². The molecule has 0 aliphatic heterocycles. The van der Waals surface area contributed by atoms with Gasteiger partial charge in [0.15, 0.2) is 5.78 Å². The van der Waals surface area contributed by atoms with E-state index in [-0.39, 0.29) is 23.1 Å². The first kappa shape index (κ1) is 22.0. The first-order chi connectivity index (χ1) is 14.3. The van der Waals surface area contributed by atoms with E-state index in [1.165, 1.54) is 12.1 Å². The van der Waals surface area contributed by atoms with Crippen LogP contribution in [-0.2, 0) is 10.0 Å². The number of rotatable bonds is 8. The second-order valence-electron chi connectivity index (χ2n) is 6.68. The normalized spacial score (nSPS) is 12.2. The predicted molar refractivity (Wildman–Crippen MR) is 120 cm³/mol. The maximum absolute atomic E-state index is 12.9. The van der Waals surface area contributed by atoms with Crippen LogP contribution in [0.25, 0.3) is 0 Å². The van der Waals surface area contributed by atoms with Crippen LogP contribution >= 0.6 is 15.9 Å². The Labute approximate surface area is 184 Å². The minimum absolute atomic E-state index is 0.0241. The molecule has 0 aromatic heterocycles. The van der Waals surface area contributed by atoms with Crippen LogP contribution in [0.1, 0.15) is 28.4 Å². The topological polar surface area (TPSA) is 98.5 Å². The smallest absolute Gasteiger partial charge is 0.238 e. The van der Waals surface area contributed by atoms with Crippen molar-refractivity contribution in [1.29, 1.82) is 0 Å². The van der Waals surface area contributed by atoms with Crippen molar-refractivity contribution in [2.45, 2.75) is 17.4 Å². The van der Waals surface area contributed by atoms with Crippen LogP contribution in [-0.4, -0.2) is 21.3 Å². The number of Topliss-reactive ketones (excluding diaryl/α,β-unsaturated/α-hetero) is 1. The minimum atomic E-state index is -3.77. The van der Waals surface area contributed by atoms with E-state index in [9.17, 15) is 13.2 Å². The molecule has 0 spiro atoms. The molecule has 3 aromatic rings. The van der Waals surface area contributed by atoms with Crippen molar-refractivity contribution in [1.82, 2.24) is 0 Å². The van der Waals surface area contributed by atoms with Gasteiger partial charge in [0.05, 0.1) is 18.0 Å². The SMILES string of the molecule is COc1cccc(C(CC(=O)c2ccc(Br)cc2)Nc2ccc(S(N)(=O)=O)cc2)c1. The number of hydrogen-bond donors (Lipinski definition) is 2. The molecule has 1 unspecified atom stereocenters. The van der Waals surface area contributed by atoms with Crippen LogP contribution < -0.4 is 15.2 Å². The van der Waals surface area contributed by atoms with Crippen molar-refractivity contribution in [3.05, 3.63) is 88.4 Å². The summed E-state index contributed by atoms with van der Waals surface area (Å²) >= 11 is 3.37. The Bertz CT molecular complexity index is 1130. The number of nitrogens with two attached hydrogens (primary N) is 1. The predicted octanol–water partition coefficient (Wildman–Crippen LogP) is 4.53. The molecule has 0 heterocycles. The molecule has 0 aliphatic carbocycles. The number of benzene rings is 3. The molecule has 156 valence electrons. The van der Waals surface area contributed by atoms with Gasteiger partial charge in [-0.3, -0.25) is 4.79 Å². The van der Waals surface area contributed by atoms with Gasteiger partial charge < -0.3 is 10.1 Å². The number of ether oxygens (including phenoxy) is 1. The lowest BCUT2D eigenvalue weighted by Gasteiger charge is -2.21. The number of methoxy groups -OCH3 is 1. The zero-order valence-corrected chi connectivity index (χ0v) is 18.6. The molecule has 0 amide bonds. The van der Waals surface area contributed by atoms with E-state index in [0.29, 0.717) is 17.0 Å². The molecule has 3 rings (SSSR count). The number of nitrogens with one attached hydrogen (secondary N) is 1. The molecule has 8 heteroatoms. The first-order valence-electron chi connectivity index (χ1n) is 9.08. The molecule has 3 N–H and O–H groups in total. The molecule has 0 saturated carbocycles. The highest BCUT2D eigenvalue weighted by Crippen LogP contribution is 2.28. The van der Waals surface area contributed by atoms with Gasteiger partial charge in [-0.1, -0.05) is 40.2 Å². The highest BCUT2D eigenvalue weighted by atomic mass is 79.9. The fourth-order valence-electron chi connectivity index (χ4n) is 2.99. The lowest BCUT2D eigenvalue weighted by Crippen LogP contribution is -2.16. The lowest BCUT2D eigenvalue weighted by atomic mass is 9.97. The van der Waals surface area contributed by atoms with Gasteiger partial charge in [0.25, 0.3) is 0 Å². The number of anilines is 1. The molecule has 3 aromatic carbocycles. The van der Waals surface area contributed by atoms with Crippen LogP contribution in [0.15, 0.2) is 82.2 Å². The Balaban J connectivity index is 1.89. The van der Waals surface area contributed by atoms with Crippen molar-refractivity contribution < 1.29 is 17.9 Å². The van der Waals surface area contributed by atoms with Crippen molar-refractivity contribution in [2.24, 2.45) is 5.14 Å². The van der Waals surface area contributed by atoms with Crippen LogP contribution in [0.5, 0.6) is 5.75 Å². The fraction of sp³-hybridized carbons (Fsp3) is 0.136. The van der Waals surface area contributed by atoms with E-state index >= 15 is 0 Å². The van der Waals surface area contributed by atoms with E-state index in [2.05, 4.69) is 21.2 Å². The lowest BCUT2D eigenvalue weighted by molar-refractivity contribution is 0.0976. The number of carbonyl (C=O) groups is 1. The third-order valence-corrected chi connectivity index (χ3v) is 6.03. The number of ketones is 1. The van der Waals surface area contributed by atoms with E-state index in [1.807, 2.05) is 36.4 Å². The number of halogens is 1. The number of carbonyl (C=O) groups excluding carboxylic acids is 1. The summed E-state index contributed by atoms with van der Waals surface area (Å²) in [4.78, 5) is 12.9. The largest absolute Gasteiger partial charge is 0.497 e. The van der Waals surface area contributed by atoms with Crippen molar-refractivity contribution in [3.63, 3.8) is 0 Å². The molecule has 0 fully saturated rings. The quantitative estimate of drug-likeness (QED) is 0.453. The molecule has 0 saturated heterocycles. The number of sulfonamides is 1. The summed E-state index contributed by atoms with van der Waals surface area (Å²) in [7, 11) is -2.19. The zero-order chi connectivity index (χ0) is 21.7. The van der Waals surface area contributed by atoms with Gasteiger partial charge in [0, 0.05) is 22.1 Å². The molecular weight excluding hydrogens is 468 g/mol. The molecule has 1 atom stereocenters. The summed E-state index contributed by atoms with van der Waals surface area (Å²) in [5.74, 6) is 0.656. The van der Waals surface area contributed by atoms with Crippen molar-refractivity contribution in [3.8, 4) is 5.75 Å². The second kappa shape index (κ2) is 9.42. The summed E-state index contributed by atoms with van der Waals surface area (Å²) in [6.45, 7) is 0. The summed E-state index contributed by atoms with van der Waals surface area (Å²) < 4.78 is 29.2. The Morgan fingerprint density at radius 2 is 1.73 bits per heavy atom. The molecule has 0 bridgehead atoms. The van der Waals surface area contributed by atoms with Gasteiger partial charge >= 0.3 is 0 Å². The molecular formula is C22H21BrN2O4S. The maximum atomic E-state index is 12.9. The highest BCUT2D eigenvalue weighted by molar-refractivity contribution is 9.10. The Morgan fingerprint density at radius 1 is 1.07 bits per heavy atom. The Kier molecular flexibility index (Phi) is 6.91. The highest BCUT2D eigenvalue weighted by Gasteiger charge is 2.18. The van der Waals surface area contributed by atoms with Gasteiger partial charge in [0.1, 0.15) is 5.75 Å². The summed E-state index contributed by atoms with van der Waals surface area (Å²) in [6.07, 6.45) is 0.200. The minimum Gasteiger partial charge on any atom is -0.497 e. The first-order valence-corrected chi connectivity index (χ1v) is 11.4. The molecule has 6 nitrogen and oxygen atoms in total. The summed E-state index contributed by atoms with van der Waals surface area (Å²) in [5, 5.41) is 8.48. The summed E-state index contributed by atoms with van der Waals surface area (Å²) in [6, 6.07) is 20.4. The standard InChI is InChI=1S/C22H21BrN2O4S/c1-29-19-4-2-3-16(13-19)21(14-22(26)15-5-7-17(23)8-6-15)25-18-9-11-20(12-10-18)30(24,27)28/h2-13,21,25H,14H2,1H3,(H2,24,27,28). The molecule has 0 radical (unpaired) electrons. The van der Waals surface area contributed by atoms with E-state index < -0.39 is 10.0 Å². The Morgan fingerprint density at radius 3 is 2.33 bits per heavy atom. The van der Waals surface area contributed by atoms with E-state index in [4.69, 9.17) is 9.88 Å².